The van der Waals surface area contributed by atoms with Gasteiger partial charge in [-0.05, 0) is 77.5 Å². The molecule has 1 aromatic heterocycles. The molecule has 2 aromatic rings. The van der Waals surface area contributed by atoms with Gasteiger partial charge < -0.3 is 16.2 Å². The fourth-order valence-corrected chi connectivity index (χ4v) is 4.72. The van der Waals surface area contributed by atoms with E-state index >= 15 is 0 Å². The van der Waals surface area contributed by atoms with Crippen molar-refractivity contribution in [3.63, 3.8) is 0 Å². The first kappa shape index (κ1) is 31.3. The summed E-state index contributed by atoms with van der Waals surface area (Å²) in [4.78, 5) is 0. The summed E-state index contributed by atoms with van der Waals surface area (Å²) in [6.45, 7) is 11.6. The molecule has 1 saturated carbocycles. The van der Waals surface area contributed by atoms with Crippen molar-refractivity contribution < 1.29 is 22.7 Å². The van der Waals surface area contributed by atoms with Gasteiger partial charge in [0.2, 0.25) is 0 Å². The van der Waals surface area contributed by atoms with Crippen molar-refractivity contribution in [3.05, 3.63) is 56.9 Å². The average Bonchev–Trinajstić information content (AvgIpc) is 3.19. The van der Waals surface area contributed by atoms with E-state index in [9.17, 15) is 22.7 Å². The molecule has 38 heavy (non-hydrogen) atoms. The van der Waals surface area contributed by atoms with Gasteiger partial charge in [0.1, 0.15) is 5.82 Å². The first-order valence-electron chi connectivity index (χ1n) is 13.0. The number of anilines is 2. The van der Waals surface area contributed by atoms with E-state index in [1.165, 1.54) is 18.9 Å². The molecule has 0 amide bonds. The van der Waals surface area contributed by atoms with Crippen molar-refractivity contribution >= 4 is 23.7 Å². The van der Waals surface area contributed by atoms with Crippen molar-refractivity contribution in [1.82, 2.24) is 10.2 Å². The standard InChI is InChI=1S/C21H24F4N4.C8H16O/c1-5-7-12(3)8-17-16(6-2)13(4)28-29-20(17)27-11-14-9-15(26)10-18(19(14)22)21(23,24)25;1-3-7-4-5-8(2,9)6-7/h6-10H,5,11,26H2,1-4H3,(H,27,29);7,9H,3-6H2,1-2H3/b12-7+,16-6-,17-8+;. The zero-order valence-corrected chi connectivity index (χ0v) is 23.1. The molecule has 9 heteroatoms. The third kappa shape index (κ3) is 8.55. The maximum Gasteiger partial charge on any atom is 0.419 e. The molecule has 210 valence electrons. The number of nitrogens with one attached hydrogen (secondary N) is 1. The fourth-order valence-electron chi connectivity index (χ4n) is 4.72. The normalized spacial score (nSPS) is 20.9. The number of allylic oxidation sites excluding steroid dienone is 2. The second-order valence-corrected chi connectivity index (χ2v) is 10.2. The second-order valence-electron chi connectivity index (χ2n) is 10.2. The Hall–Kier alpha value is -2.94. The summed E-state index contributed by atoms with van der Waals surface area (Å²) in [6.07, 6.45) is 6.33. The van der Waals surface area contributed by atoms with E-state index in [1.807, 2.05) is 52.8 Å². The molecule has 0 radical (unpaired) electrons. The summed E-state index contributed by atoms with van der Waals surface area (Å²) in [5, 5.41) is 22.2. The lowest BCUT2D eigenvalue weighted by molar-refractivity contribution is -0.140. The number of alkyl halides is 3. The number of benzene rings is 1. The summed E-state index contributed by atoms with van der Waals surface area (Å²) in [7, 11) is 0. The smallest absolute Gasteiger partial charge is 0.399 e. The molecular formula is C29H40F4N4O. The molecule has 2 atom stereocenters. The first-order chi connectivity index (χ1) is 17.7. The average molecular weight is 537 g/mol. The van der Waals surface area contributed by atoms with Gasteiger partial charge in [-0.15, -0.1) is 5.10 Å². The monoisotopic (exact) mass is 536 g/mol. The van der Waals surface area contributed by atoms with Crippen LogP contribution in [0.5, 0.6) is 0 Å². The number of aromatic nitrogens is 2. The molecule has 0 spiro atoms. The van der Waals surface area contributed by atoms with Gasteiger partial charge in [0.15, 0.2) is 5.82 Å². The molecule has 5 nitrogen and oxygen atoms in total. The van der Waals surface area contributed by atoms with Crippen LogP contribution < -0.4 is 21.5 Å². The molecule has 0 bridgehead atoms. The third-order valence-electron chi connectivity index (χ3n) is 6.74. The number of aryl methyl sites for hydroxylation is 1. The highest BCUT2D eigenvalue weighted by Crippen LogP contribution is 2.35. The minimum Gasteiger partial charge on any atom is -0.399 e. The highest BCUT2D eigenvalue weighted by Gasteiger charge is 2.35. The number of hydrogen-bond acceptors (Lipinski definition) is 5. The Bertz CT molecular complexity index is 1250. The largest absolute Gasteiger partial charge is 0.419 e. The summed E-state index contributed by atoms with van der Waals surface area (Å²) in [5.74, 6) is -0.211. The van der Waals surface area contributed by atoms with Crippen LogP contribution in [0, 0.1) is 18.7 Å². The van der Waals surface area contributed by atoms with Gasteiger partial charge in [0, 0.05) is 28.2 Å². The lowest BCUT2D eigenvalue weighted by Crippen LogP contribution is -2.33. The van der Waals surface area contributed by atoms with Gasteiger partial charge in [0.25, 0.3) is 0 Å². The zero-order chi connectivity index (χ0) is 28.7. The van der Waals surface area contributed by atoms with E-state index in [4.69, 9.17) is 5.73 Å². The summed E-state index contributed by atoms with van der Waals surface area (Å²) < 4.78 is 53.5. The molecular weight excluding hydrogens is 496 g/mol. The molecule has 1 aromatic carbocycles. The maximum atomic E-state index is 14.4. The SMILES string of the molecule is C/C=c1/c(C)nnc(NCc2cc(N)cc(C(F)(F)F)c2F)/c1=C/C(C)=C/CC.CCC1CCC(C)(O)C1. The minimum absolute atomic E-state index is 0.165. The Morgan fingerprint density at radius 2 is 1.92 bits per heavy atom. The lowest BCUT2D eigenvalue weighted by atomic mass is 10.0. The third-order valence-corrected chi connectivity index (χ3v) is 6.74. The zero-order valence-electron chi connectivity index (χ0n) is 23.1. The molecule has 0 aliphatic heterocycles. The molecule has 2 unspecified atom stereocenters. The van der Waals surface area contributed by atoms with E-state index in [1.54, 1.807) is 0 Å². The van der Waals surface area contributed by atoms with Crippen LogP contribution in [0.3, 0.4) is 0 Å². The number of aliphatic hydroxyl groups is 1. The maximum absolute atomic E-state index is 14.4. The van der Waals surface area contributed by atoms with Crippen molar-refractivity contribution in [3.8, 4) is 0 Å². The topological polar surface area (TPSA) is 84.1 Å². The summed E-state index contributed by atoms with van der Waals surface area (Å²) >= 11 is 0. The number of hydrogen-bond donors (Lipinski definition) is 3. The Labute approximate surface area is 222 Å². The van der Waals surface area contributed by atoms with Crippen LogP contribution in [0.15, 0.2) is 23.8 Å². The van der Waals surface area contributed by atoms with Gasteiger partial charge in [-0.3, -0.25) is 0 Å². The van der Waals surface area contributed by atoms with Gasteiger partial charge in [-0.25, -0.2) is 4.39 Å². The molecule has 1 aliphatic carbocycles. The molecule has 1 aliphatic rings. The highest BCUT2D eigenvalue weighted by atomic mass is 19.4. The Morgan fingerprint density at radius 1 is 1.24 bits per heavy atom. The second kappa shape index (κ2) is 13.2. The van der Waals surface area contributed by atoms with Crippen molar-refractivity contribution in [2.45, 2.75) is 92.0 Å². The van der Waals surface area contributed by atoms with Crippen LogP contribution >= 0.6 is 0 Å². The van der Waals surface area contributed by atoms with Crippen LogP contribution in [-0.2, 0) is 12.7 Å². The minimum atomic E-state index is -4.83. The van der Waals surface area contributed by atoms with Gasteiger partial charge in [-0.1, -0.05) is 38.0 Å². The summed E-state index contributed by atoms with van der Waals surface area (Å²) in [5.41, 5.74) is 5.17. The van der Waals surface area contributed by atoms with Crippen molar-refractivity contribution in [2.75, 3.05) is 11.1 Å². The van der Waals surface area contributed by atoms with E-state index in [-0.39, 0.29) is 23.4 Å². The van der Waals surface area contributed by atoms with Crippen molar-refractivity contribution in [1.29, 1.82) is 0 Å². The van der Waals surface area contributed by atoms with E-state index < -0.39 is 17.6 Å². The number of halogens is 4. The number of nitrogen functional groups attached to an aromatic ring is 1. The van der Waals surface area contributed by atoms with Crippen LogP contribution in [0.25, 0.3) is 12.2 Å². The molecule has 4 N–H and O–H groups in total. The van der Waals surface area contributed by atoms with E-state index in [0.29, 0.717) is 17.6 Å². The van der Waals surface area contributed by atoms with Gasteiger partial charge in [0.05, 0.1) is 16.9 Å². The van der Waals surface area contributed by atoms with Crippen LogP contribution in [0.1, 0.15) is 83.5 Å². The number of rotatable bonds is 6. The van der Waals surface area contributed by atoms with Gasteiger partial charge in [-0.2, -0.15) is 18.3 Å². The van der Waals surface area contributed by atoms with Crippen LogP contribution in [0.2, 0.25) is 0 Å². The quantitative estimate of drug-likeness (QED) is 0.311. The molecule has 3 rings (SSSR count). The predicted molar refractivity (Wildman–Crippen MR) is 146 cm³/mol. The number of nitrogens with zero attached hydrogens (tertiary/aromatic N) is 2. The van der Waals surface area contributed by atoms with Crippen LogP contribution in [0.4, 0.5) is 29.1 Å². The Kier molecular flexibility index (Phi) is 10.9. The first-order valence-corrected chi connectivity index (χ1v) is 13.0. The summed E-state index contributed by atoms with van der Waals surface area (Å²) in [6, 6.07) is 1.77. The predicted octanol–water partition coefficient (Wildman–Crippen LogP) is 6.02. The van der Waals surface area contributed by atoms with Crippen LogP contribution in [-0.4, -0.2) is 20.9 Å². The molecule has 1 heterocycles. The van der Waals surface area contributed by atoms with Gasteiger partial charge >= 0.3 is 6.18 Å². The lowest BCUT2D eigenvalue weighted by Gasteiger charge is -2.14. The van der Waals surface area contributed by atoms with E-state index in [2.05, 4.69) is 22.4 Å². The Balaban J connectivity index is 0.000000474. The Morgan fingerprint density at radius 3 is 2.42 bits per heavy atom. The van der Waals surface area contributed by atoms with Crippen molar-refractivity contribution in [2.24, 2.45) is 5.92 Å². The fraction of sp³-hybridized carbons (Fsp3) is 0.517. The molecule has 0 saturated heterocycles. The number of nitrogens with two attached hydrogens (primary N) is 1. The van der Waals surface area contributed by atoms with E-state index in [0.717, 1.165) is 41.2 Å². The molecule has 1 fully saturated rings. The highest BCUT2D eigenvalue weighted by molar-refractivity contribution is 5.55.